The highest BCUT2D eigenvalue weighted by Crippen LogP contribution is 2.27. The van der Waals surface area contributed by atoms with Crippen LogP contribution >= 0.6 is 0 Å². The van der Waals surface area contributed by atoms with Gasteiger partial charge in [0.1, 0.15) is 6.61 Å². The summed E-state index contributed by atoms with van der Waals surface area (Å²) < 4.78 is 0. The Morgan fingerprint density at radius 3 is 2.36 bits per heavy atom. The largest absolute Gasteiger partial charge is 0.396 e. The number of oxime groups is 1. The van der Waals surface area contributed by atoms with E-state index in [2.05, 4.69) is 25.9 Å². The summed E-state index contributed by atoms with van der Waals surface area (Å²) in [5.74, 6) is 0. The number of unbranched alkanes of at least 4 members (excludes halogenated alkanes) is 1. The van der Waals surface area contributed by atoms with Crippen LogP contribution in [-0.2, 0) is 4.84 Å². The highest BCUT2D eigenvalue weighted by molar-refractivity contribution is 5.78. The van der Waals surface area contributed by atoms with Crippen LogP contribution in [0.2, 0.25) is 0 Å². The van der Waals surface area contributed by atoms with E-state index in [-0.39, 0.29) is 0 Å². The molecule has 0 bridgehead atoms. The van der Waals surface area contributed by atoms with Crippen LogP contribution in [0.4, 0.5) is 0 Å². The zero-order chi connectivity index (χ0) is 11.0. The molecule has 0 unspecified atom stereocenters. The molecule has 0 aromatic heterocycles. The molecule has 0 amide bonds. The molecule has 0 aliphatic heterocycles. The van der Waals surface area contributed by atoms with Gasteiger partial charge in [-0.1, -0.05) is 38.8 Å². The van der Waals surface area contributed by atoms with Gasteiger partial charge >= 0.3 is 0 Å². The van der Waals surface area contributed by atoms with Crippen LogP contribution in [0, 0.1) is 5.41 Å². The summed E-state index contributed by atoms with van der Waals surface area (Å²) in [5, 5.41) is 3.92. The van der Waals surface area contributed by atoms with Crippen LogP contribution < -0.4 is 0 Å². The van der Waals surface area contributed by atoms with Crippen molar-refractivity contribution in [3.63, 3.8) is 0 Å². The molecule has 14 heavy (non-hydrogen) atoms. The van der Waals surface area contributed by atoms with Gasteiger partial charge in [0, 0.05) is 0 Å². The zero-order valence-corrected chi connectivity index (χ0v) is 10.4. The Balaban J connectivity index is 3.59. The lowest BCUT2D eigenvalue weighted by Gasteiger charge is -2.23. The summed E-state index contributed by atoms with van der Waals surface area (Å²) in [6.45, 7) is 11.5. The lowest BCUT2D eigenvalue weighted by atomic mass is 9.84. The smallest absolute Gasteiger partial charge is 0.117 e. The molecule has 0 aliphatic carbocycles. The van der Waals surface area contributed by atoms with Crippen molar-refractivity contribution in [2.45, 2.75) is 60.3 Å². The molecule has 0 heterocycles. The molecule has 0 saturated heterocycles. The molecule has 84 valence electrons. The summed E-state index contributed by atoms with van der Waals surface area (Å²) in [7, 11) is 0. The molecule has 0 saturated carbocycles. The Morgan fingerprint density at radius 2 is 1.86 bits per heavy atom. The zero-order valence-electron chi connectivity index (χ0n) is 10.4. The maximum atomic E-state index is 5.20. The second kappa shape index (κ2) is 6.86. The van der Waals surface area contributed by atoms with Crippen LogP contribution in [0.5, 0.6) is 0 Å². The Kier molecular flexibility index (Phi) is 6.60. The van der Waals surface area contributed by atoms with Crippen LogP contribution in [0.1, 0.15) is 60.3 Å². The Hall–Kier alpha value is -0.530. The van der Waals surface area contributed by atoms with Crippen LogP contribution in [0.3, 0.4) is 0 Å². The molecule has 0 aromatic carbocycles. The highest BCUT2D eigenvalue weighted by atomic mass is 16.6. The van der Waals surface area contributed by atoms with Gasteiger partial charge in [0.25, 0.3) is 0 Å². The SMILES string of the molecule is CCCCC(C)(C)CCON=C(C)C. The van der Waals surface area contributed by atoms with Gasteiger partial charge in [0.2, 0.25) is 0 Å². The lowest BCUT2D eigenvalue weighted by molar-refractivity contribution is 0.107. The van der Waals surface area contributed by atoms with E-state index in [1.807, 2.05) is 13.8 Å². The highest BCUT2D eigenvalue weighted by Gasteiger charge is 2.16. The van der Waals surface area contributed by atoms with Gasteiger partial charge in [-0.2, -0.15) is 0 Å². The fourth-order valence-electron chi connectivity index (χ4n) is 1.28. The molecule has 0 aliphatic rings. The van der Waals surface area contributed by atoms with E-state index in [1.165, 1.54) is 19.3 Å². The summed E-state index contributed by atoms with van der Waals surface area (Å²) in [6, 6.07) is 0. The second-order valence-electron chi connectivity index (χ2n) is 4.89. The Morgan fingerprint density at radius 1 is 1.21 bits per heavy atom. The third-order valence-corrected chi connectivity index (χ3v) is 2.32. The van der Waals surface area contributed by atoms with Crippen molar-refractivity contribution in [2.75, 3.05) is 6.61 Å². The molecule has 0 atom stereocenters. The summed E-state index contributed by atoms with van der Waals surface area (Å²) in [6.07, 6.45) is 4.95. The molecule has 0 fully saturated rings. The topological polar surface area (TPSA) is 21.6 Å². The van der Waals surface area contributed by atoms with Gasteiger partial charge in [-0.05, 0) is 32.1 Å². The predicted molar refractivity (Wildman–Crippen MR) is 62.7 cm³/mol. The van der Waals surface area contributed by atoms with E-state index in [4.69, 9.17) is 4.84 Å². The van der Waals surface area contributed by atoms with E-state index in [0.717, 1.165) is 18.7 Å². The van der Waals surface area contributed by atoms with Gasteiger partial charge < -0.3 is 4.84 Å². The van der Waals surface area contributed by atoms with Crippen molar-refractivity contribution < 1.29 is 4.84 Å². The first-order valence-corrected chi connectivity index (χ1v) is 5.61. The van der Waals surface area contributed by atoms with Crippen molar-refractivity contribution in [1.82, 2.24) is 0 Å². The summed E-state index contributed by atoms with van der Waals surface area (Å²) >= 11 is 0. The maximum absolute atomic E-state index is 5.20. The quantitative estimate of drug-likeness (QED) is 0.345. The summed E-state index contributed by atoms with van der Waals surface area (Å²) in [4.78, 5) is 5.20. The van der Waals surface area contributed by atoms with E-state index < -0.39 is 0 Å². The maximum Gasteiger partial charge on any atom is 0.117 e. The monoisotopic (exact) mass is 199 g/mol. The molecule has 0 radical (unpaired) electrons. The van der Waals surface area contributed by atoms with Crippen LogP contribution in [0.25, 0.3) is 0 Å². The molecule has 0 N–H and O–H groups in total. The minimum absolute atomic E-state index is 0.396. The molecular weight excluding hydrogens is 174 g/mol. The van der Waals surface area contributed by atoms with Gasteiger partial charge in [-0.25, -0.2) is 0 Å². The first-order chi connectivity index (χ1) is 6.48. The minimum Gasteiger partial charge on any atom is -0.396 e. The number of hydrogen-bond acceptors (Lipinski definition) is 2. The Bertz CT molecular complexity index is 169. The molecule has 0 spiro atoms. The molecule has 0 aromatic rings. The van der Waals surface area contributed by atoms with Crippen LogP contribution in [-0.4, -0.2) is 12.3 Å². The standard InChI is InChI=1S/C12H25NO/c1-6-7-8-12(4,5)9-10-14-13-11(2)3/h6-10H2,1-5H3. The number of hydrogen-bond donors (Lipinski definition) is 0. The van der Waals surface area contributed by atoms with Gasteiger partial charge in [0.15, 0.2) is 0 Å². The van der Waals surface area contributed by atoms with Gasteiger partial charge in [-0.15, -0.1) is 0 Å². The van der Waals surface area contributed by atoms with Crippen LogP contribution in [0.15, 0.2) is 5.16 Å². The second-order valence-corrected chi connectivity index (χ2v) is 4.89. The summed E-state index contributed by atoms with van der Waals surface area (Å²) in [5.41, 5.74) is 1.38. The first-order valence-electron chi connectivity index (χ1n) is 5.61. The van der Waals surface area contributed by atoms with Crippen molar-refractivity contribution in [3.8, 4) is 0 Å². The van der Waals surface area contributed by atoms with E-state index in [0.29, 0.717) is 5.41 Å². The molecular formula is C12H25NO. The molecule has 2 heteroatoms. The Labute approximate surface area is 88.7 Å². The van der Waals surface area contributed by atoms with Gasteiger partial charge in [-0.3, -0.25) is 0 Å². The number of nitrogens with zero attached hydrogens (tertiary/aromatic N) is 1. The number of rotatable bonds is 7. The third-order valence-electron chi connectivity index (χ3n) is 2.32. The average molecular weight is 199 g/mol. The fraction of sp³-hybridized carbons (Fsp3) is 0.917. The van der Waals surface area contributed by atoms with Crippen molar-refractivity contribution >= 4 is 5.71 Å². The lowest BCUT2D eigenvalue weighted by Crippen LogP contribution is -2.13. The van der Waals surface area contributed by atoms with E-state index in [9.17, 15) is 0 Å². The third kappa shape index (κ3) is 8.09. The van der Waals surface area contributed by atoms with Crippen molar-refractivity contribution in [1.29, 1.82) is 0 Å². The van der Waals surface area contributed by atoms with Crippen molar-refractivity contribution in [3.05, 3.63) is 0 Å². The molecule has 0 rings (SSSR count). The minimum atomic E-state index is 0.396. The first kappa shape index (κ1) is 13.5. The normalized spacial score (nSPS) is 11.2. The fourth-order valence-corrected chi connectivity index (χ4v) is 1.28. The predicted octanol–water partition coefficient (Wildman–Crippen LogP) is 4.01. The molecule has 2 nitrogen and oxygen atoms in total. The van der Waals surface area contributed by atoms with E-state index >= 15 is 0 Å². The van der Waals surface area contributed by atoms with Crippen molar-refractivity contribution in [2.24, 2.45) is 10.6 Å². The average Bonchev–Trinajstić information content (AvgIpc) is 2.09. The van der Waals surface area contributed by atoms with Gasteiger partial charge in [0.05, 0.1) is 5.71 Å². The van der Waals surface area contributed by atoms with E-state index in [1.54, 1.807) is 0 Å².